The smallest absolute Gasteiger partial charge is 0.258 e. The molecule has 5 aliphatic rings. The highest BCUT2D eigenvalue weighted by Crippen LogP contribution is 2.47. The van der Waals surface area contributed by atoms with Gasteiger partial charge >= 0.3 is 0 Å². The number of nitrogens with one attached hydrogen (secondary N) is 3. The fraction of sp³-hybridized carbons (Fsp3) is 0.652. The van der Waals surface area contributed by atoms with Gasteiger partial charge in [0.1, 0.15) is 11.6 Å². The molecule has 33 heavy (non-hydrogen) atoms. The van der Waals surface area contributed by atoms with Crippen LogP contribution in [0.3, 0.4) is 0 Å². The van der Waals surface area contributed by atoms with Gasteiger partial charge < -0.3 is 20.5 Å². The first-order valence-electron chi connectivity index (χ1n) is 11.5. The van der Waals surface area contributed by atoms with Crippen molar-refractivity contribution in [2.45, 2.75) is 73.5 Å². The molecule has 2 unspecified atom stereocenters. The predicted octanol–water partition coefficient (Wildman–Crippen LogP) is 2.35. The van der Waals surface area contributed by atoms with E-state index >= 15 is 0 Å². The second kappa shape index (κ2) is 8.91. The molecule has 1 aromatic carbocycles. The Morgan fingerprint density at radius 2 is 2.00 bits per heavy atom. The van der Waals surface area contributed by atoms with Crippen molar-refractivity contribution in [3.8, 4) is 5.75 Å². The second-order valence-electron chi connectivity index (χ2n) is 9.87. The van der Waals surface area contributed by atoms with Crippen LogP contribution in [0.4, 0.5) is 4.39 Å². The van der Waals surface area contributed by atoms with Gasteiger partial charge in [0.05, 0.1) is 28.1 Å². The summed E-state index contributed by atoms with van der Waals surface area (Å²) in [4.78, 5) is 25.5. The van der Waals surface area contributed by atoms with Gasteiger partial charge in [0, 0.05) is 17.4 Å². The van der Waals surface area contributed by atoms with Crippen LogP contribution in [0.5, 0.6) is 5.75 Å². The number of aliphatic hydroxyl groups is 1. The van der Waals surface area contributed by atoms with E-state index in [1.165, 1.54) is 25.0 Å². The first-order valence-corrected chi connectivity index (χ1v) is 13.0. The number of benzene rings is 1. The summed E-state index contributed by atoms with van der Waals surface area (Å²) in [5.74, 6) is 0.714. The van der Waals surface area contributed by atoms with Crippen molar-refractivity contribution in [1.82, 2.24) is 16.0 Å². The van der Waals surface area contributed by atoms with Gasteiger partial charge in [-0.25, -0.2) is 4.39 Å². The van der Waals surface area contributed by atoms with E-state index in [4.69, 9.17) is 16.3 Å². The summed E-state index contributed by atoms with van der Waals surface area (Å²) in [5.41, 5.74) is -1.15. The summed E-state index contributed by atoms with van der Waals surface area (Å²) < 4.78 is 18.9. The number of thioether (sulfide) groups is 1. The predicted molar refractivity (Wildman–Crippen MR) is 124 cm³/mol. The van der Waals surface area contributed by atoms with Crippen LogP contribution in [0.2, 0.25) is 5.02 Å². The number of aliphatic hydroxyl groups excluding tert-OH is 1. The normalized spacial score (nSPS) is 35.3. The Hall–Kier alpha value is -1.55. The molecule has 2 bridgehead atoms. The van der Waals surface area contributed by atoms with Gasteiger partial charge in [-0.15, -0.1) is 11.8 Å². The fourth-order valence-corrected chi connectivity index (χ4v) is 6.93. The van der Waals surface area contributed by atoms with Crippen LogP contribution in [-0.2, 0) is 9.59 Å². The molecule has 1 aliphatic heterocycles. The van der Waals surface area contributed by atoms with Gasteiger partial charge in [0.25, 0.3) is 5.91 Å². The monoisotopic (exact) mass is 497 g/mol. The molecule has 1 saturated heterocycles. The lowest BCUT2D eigenvalue weighted by atomic mass is 9.60. The summed E-state index contributed by atoms with van der Waals surface area (Å²) in [6.07, 6.45) is 4.68. The van der Waals surface area contributed by atoms with Crippen molar-refractivity contribution in [3.63, 3.8) is 0 Å². The quantitative estimate of drug-likeness (QED) is 0.461. The Morgan fingerprint density at radius 1 is 1.24 bits per heavy atom. The molecule has 6 rings (SSSR count). The fourth-order valence-electron chi connectivity index (χ4n) is 5.36. The van der Waals surface area contributed by atoms with Crippen molar-refractivity contribution in [2.75, 3.05) is 12.4 Å². The van der Waals surface area contributed by atoms with Gasteiger partial charge in [0.15, 0.2) is 6.61 Å². The van der Waals surface area contributed by atoms with Crippen LogP contribution in [0.15, 0.2) is 18.2 Å². The van der Waals surface area contributed by atoms with Crippen molar-refractivity contribution in [3.05, 3.63) is 29.0 Å². The lowest BCUT2D eigenvalue weighted by Gasteiger charge is -2.56. The number of hydrogen-bond donors (Lipinski definition) is 4. The van der Waals surface area contributed by atoms with Crippen molar-refractivity contribution in [2.24, 2.45) is 5.92 Å². The van der Waals surface area contributed by atoms with Crippen LogP contribution in [0, 0.1) is 11.7 Å². The van der Waals surface area contributed by atoms with Crippen LogP contribution < -0.4 is 20.7 Å². The molecule has 180 valence electrons. The average Bonchev–Trinajstić information content (AvgIpc) is 3.52. The number of carbonyl (C=O) groups excluding carboxylic acids is 2. The van der Waals surface area contributed by atoms with Crippen LogP contribution in [-0.4, -0.2) is 57.9 Å². The molecular weight excluding hydrogens is 469 g/mol. The third-order valence-corrected chi connectivity index (χ3v) is 9.25. The standard InChI is InChI=1S/C23H29ClFN3O4S/c24-15-4-3-14(9-16(15)25)32-11-19(30)27-23-7-5-22(6-8-23,10-18(23)29)28-20(31)17-12-33-21(26-17)13-1-2-13/h3-4,9,13,17-18,21,26,29H,1-2,5-8,10-12H2,(H,27,30)(H,28,31)/t17?,18-,21?,22?,23?/m0/s1. The molecule has 4 saturated carbocycles. The molecule has 2 amide bonds. The summed E-state index contributed by atoms with van der Waals surface area (Å²) >= 11 is 7.49. The maximum Gasteiger partial charge on any atom is 0.258 e. The number of fused-ring (bicyclic) bond motifs is 3. The van der Waals surface area contributed by atoms with Crippen LogP contribution in [0.25, 0.3) is 0 Å². The first-order chi connectivity index (χ1) is 15.8. The van der Waals surface area contributed by atoms with E-state index in [-0.39, 0.29) is 35.2 Å². The Morgan fingerprint density at radius 3 is 2.67 bits per heavy atom. The second-order valence-corrected chi connectivity index (χ2v) is 11.5. The lowest BCUT2D eigenvalue weighted by molar-refractivity contribution is -0.136. The molecule has 4 N–H and O–H groups in total. The van der Waals surface area contributed by atoms with Crippen LogP contribution in [0.1, 0.15) is 44.9 Å². The zero-order chi connectivity index (χ0) is 23.2. The summed E-state index contributed by atoms with van der Waals surface area (Å²) in [6, 6.07) is 3.81. The van der Waals surface area contributed by atoms with Crippen molar-refractivity contribution in [1.29, 1.82) is 0 Å². The van der Waals surface area contributed by atoms with Gasteiger partial charge in [-0.05, 0) is 63.0 Å². The third-order valence-electron chi connectivity index (χ3n) is 7.53. The van der Waals surface area contributed by atoms with Crippen molar-refractivity contribution >= 4 is 35.2 Å². The van der Waals surface area contributed by atoms with Gasteiger partial charge in [-0.2, -0.15) is 0 Å². The molecule has 5 fully saturated rings. The van der Waals surface area contributed by atoms with E-state index in [9.17, 15) is 19.1 Å². The van der Waals surface area contributed by atoms with Crippen molar-refractivity contribution < 1.29 is 23.8 Å². The summed E-state index contributed by atoms with van der Waals surface area (Å²) in [5, 5.41) is 21.0. The highest BCUT2D eigenvalue weighted by molar-refractivity contribution is 8.00. The number of amides is 2. The molecule has 10 heteroatoms. The number of ether oxygens (including phenoxy) is 1. The van der Waals surface area contributed by atoms with Gasteiger partial charge in [-0.3, -0.25) is 14.9 Å². The van der Waals surface area contributed by atoms with Crippen LogP contribution >= 0.6 is 23.4 Å². The Labute approximate surface area is 201 Å². The van der Waals surface area contributed by atoms with Gasteiger partial charge in [0.2, 0.25) is 5.91 Å². The Bertz CT molecular complexity index is 938. The van der Waals surface area contributed by atoms with E-state index in [1.807, 2.05) is 11.8 Å². The number of halogens is 2. The maximum absolute atomic E-state index is 13.6. The van der Waals surface area contributed by atoms with E-state index in [2.05, 4.69) is 16.0 Å². The highest BCUT2D eigenvalue weighted by Gasteiger charge is 2.55. The molecule has 7 nitrogen and oxygen atoms in total. The zero-order valence-electron chi connectivity index (χ0n) is 18.2. The minimum Gasteiger partial charge on any atom is -0.484 e. The Kier molecular flexibility index (Phi) is 6.26. The largest absolute Gasteiger partial charge is 0.484 e. The molecule has 0 spiro atoms. The van der Waals surface area contributed by atoms with Gasteiger partial charge in [-0.1, -0.05) is 11.6 Å². The number of carbonyl (C=O) groups is 2. The summed E-state index contributed by atoms with van der Waals surface area (Å²) in [7, 11) is 0. The highest BCUT2D eigenvalue weighted by atomic mass is 35.5. The SMILES string of the molecule is O=C(COc1ccc(Cl)c(F)c1)NC12CCC(NC(=O)C3CSC(C4CC4)N3)(CC1)C[C@@H]2O. The number of rotatable bonds is 7. The van der Waals surface area contributed by atoms with E-state index in [0.717, 1.165) is 11.8 Å². The molecule has 1 aromatic rings. The molecule has 0 radical (unpaired) electrons. The first kappa shape index (κ1) is 23.2. The molecule has 4 aliphatic carbocycles. The van der Waals surface area contributed by atoms with E-state index < -0.39 is 23.0 Å². The molecule has 0 aromatic heterocycles. The maximum atomic E-state index is 13.6. The molecule has 1 heterocycles. The number of hydrogen-bond acceptors (Lipinski definition) is 6. The van der Waals surface area contributed by atoms with E-state index in [0.29, 0.717) is 43.4 Å². The lowest BCUT2D eigenvalue weighted by Crippen LogP contribution is -2.71. The molecule has 3 atom stereocenters. The minimum atomic E-state index is -0.762. The minimum absolute atomic E-state index is 0.0138. The molecular formula is C23H29ClFN3O4S. The zero-order valence-corrected chi connectivity index (χ0v) is 19.8. The Balaban J connectivity index is 1.13. The third kappa shape index (κ3) is 4.83. The van der Waals surface area contributed by atoms with E-state index in [1.54, 1.807) is 0 Å². The topological polar surface area (TPSA) is 99.7 Å². The summed E-state index contributed by atoms with van der Waals surface area (Å²) in [6.45, 7) is -0.287. The average molecular weight is 498 g/mol.